The van der Waals surface area contributed by atoms with Crippen LogP contribution in [0.4, 0.5) is 0 Å². The maximum atomic E-state index is 5.12. The highest BCUT2D eigenvalue weighted by atomic mass is 32.1. The fourth-order valence-electron chi connectivity index (χ4n) is 1.09. The van der Waals surface area contributed by atoms with Crippen molar-refractivity contribution in [2.45, 2.75) is 5.22 Å². The Morgan fingerprint density at radius 3 is 2.40 bits per heavy atom. The summed E-state index contributed by atoms with van der Waals surface area (Å²) in [5, 5.41) is 4.50. The number of para-hydroxylation sites is 2. The van der Waals surface area contributed by atoms with Crippen LogP contribution >= 0.6 is 24.0 Å². The quantitative estimate of drug-likeness (QED) is 0.599. The molecule has 0 fully saturated rings. The third-order valence-corrected chi connectivity index (χ3v) is 2.53. The highest BCUT2D eigenvalue weighted by molar-refractivity contribution is 7.80. The minimum Gasteiger partial charge on any atom is -0.432 e. The molecule has 0 radical (unpaired) electrons. The molecule has 0 aliphatic heterocycles. The summed E-state index contributed by atoms with van der Waals surface area (Å²) in [6, 6.07) is 11.6. The summed E-state index contributed by atoms with van der Waals surface area (Å²) in [4.78, 5) is 4.01. The van der Waals surface area contributed by atoms with Crippen LogP contribution in [0.2, 0.25) is 0 Å². The summed E-state index contributed by atoms with van der Waals surface area (Å²) in [5.41, 5.74) is 1.64. The first-order valence-corrected chi connectivity index (χ1v) is 5.77. The van der Waals surface area contributed by atoms with Gasteiger partial charge in [0.25, 0.3) is 5.22 Å². The number of fused-ring (bicyclic) bond motifs is 1. The third kappa shape index (κ3) is 2.84. The van der Waals surface area contributed by atoms with E-state index in [9.17, 15) is 0 Å². The number of aromatic nitrogens is 1. The summed E-state index contributed by atoms with van der Waals surface area (Å²) in [6.45, 7) is 0. The van der Waals surface area contributed by atoms with E-state index in [2.05, 4.69) is 17.6 Å². The summed E-state index contributed by atoms with van der Waals surface area (Å²) >= 11 is 5.68. The molecule has 4 heteroatoms. The molecular formula is C11H9NOS2. The minimum atomic E-state index is 0.418. The Hall–Kier alpha value is -1.26. The van der Waals surface area contributed by atoms with Crippen molar-refractivity contribution in [2.24, 2.45) is 0 Å². The summed E-state index contributed by atoms with van der Waals surface area (Å²) in [6.07, 6.45) is 0. The second-order valence-corrected chi connectivity index (χ2v) is 3.96. The van der Waals surface area contributed by atoms with Gasteiger partial charge in [-0.25, -0.2) is 4.98 Å². The van der Waals surface area contributed by atoms with Crippen molar-refractivity contribution in [3.05, 3.63) is 47.2 Å². The van der Waals surface area contributed by atoms with Gasteiger partial charge in [0.05, 0.1) is 0 Å². The van der Waals surface area contributed by atoms with Gasteiger partial charge >= 0.3 is 0 Å². The summed E-state index contributed by atoms with van der Waals surface area (Å²) < 4.78 is 5.12. The molecule has 3 aromatic rings. The predicted molar refractivity (Wildman–Crippen MR) is 65.6 cm³/mol. The number of nitrogens with zero attached hydrogens (tertiary/aromatic N) is 1. The van der Waals surface area contributed by atoms with E-state index in [-0.39, 0.29) is 0 Å². The van der Waals surface area contributed by atoms with Gasteiger partial charge in [-0.2, -0.15) is 11.3 Å². The normalized spacial score (nSPS) is 9.67. The molecule has 0 atom stereocenters. The molecule has 0 unspecified atom stereocenters. The standard InChI is InChI=1S/C7H5NOS.C4H4S/c10-7-8-5-3-1-2-4-6(5)9-7;1-2-4-5-3-1/h1-4H,(H,8,10);1-4H. The first-order valence-electron chi connectivity index (χ1n) is 4.38. The maximum Gasteiger partial charge on any atom is 0.253 e. The molecule has 1 aromatic carbocycles. The number of hydrogen-bond donors (Lipinski definition) is 1. The van der Waals surface area contributed by atoms with Crippen LogP contribution in [0.25, 0.3) is 11.1 Å². The molecule has 3 rings (SSSR count). The van der Waals surface area contributed by atoms with Gasteiger partial charge in [-0.15, -0.1) is 0 Å². The first-order chi connectivity index (χ1) is 7.36. The van der Waals surface area contributed by atoms with E-state index in [1.54, 1.807) is 11.3 Å². The predicted octanol–water partition coefficient (Wildman–Crippen LogP) is 3.86. The number of hydrogen-bond acceptors (Lipinski definition) is 4. The lowest BCUT2D eigenvalue weighted by molar-refractivity contribution is 0.492. The fourth-order valence-corrected chi connectivity index (χ4v) is 1.75. The van der Waals surface area contributed by atoms with Gasteiger partial charge in [0.1, 0.15) is 5.52 Å². The van der Waals surface area contributed by atoms with E-state index in [0.29, 0.717) is 5.22 Å². The van der Waals surface area contributed by atoms with Gasteiger partial charge in [-0.1, -0.05) is 36.9 Å². The monoisotopic (exact) mass is 235 g/mol. The molecule has 76 valence electrons. The van der Waals surface area contributed by atoms with Crippen LogP contribution in [-0.4, -0.2) is 4.98 Å². The Morgan fingerprint density at radius 1 is 1.07 bits per heavy atom. The van der Waals surface area contributed by atoms with Crippen molar-refractivity contribution >= 4 is 35.1 Å². The zero-order chi connectivity index (χ0) is 10.5. The Labute approximate surface area is 97.0 Å². The molecule has 15 heavy (non-hydrogen) atoms. The number of oxazole rings is 1. The Morgan fingerprint density at radius 2 is 1.80 bits per heavy atom. The second kappa shape index (κ2) is 5.00. The summed E-state index contributed by atoms with van der Waals surface area (Å²) in [5.74, 6) is 0. The zero-order valence-electron chi connectivity index (χ0n) is 7.83. The van der Waals surface area contributed by atoms with E-state index in [1.807, 2.05) is 47.2 Å². The molecule has 0 spiro atoms. The molecule has 2 heterocycles. The second-order valence-electron chi connectivity index (χ2n) is 2.76. The number of benzene rings is 1. The Kier molecular flexibility index (Phi) is 3.42. The zero-order valence-corrected chi connectivity index (χ0v) is 9.54. The van der Waals surface area contributed by atoms with Crippen LogP contribution in [0.15, 0.2) is 56.8 Å². The minimum absolute atomic E-state index is 0.418. The Balaban J connectivity index is 0.000000144. The average Bonchev–Trinajstić information content (AvgIpc) is 2.87. The van der Waals surface area contributed by atoms with Crippen molar-refractivity contribution in [1.29, 1.82) is 0 Å². The van der Waals surface area contributed by atoms with Crippen LogP contribution in [0, 0.1) is 0 Å². The Bertz CT molecular complexity index is 466. The first kappa shape index (κ1) is 10.3. The van der Waals surface area contributed by atoms with Crippen LogP contribution in [0.1, 0.15) is 0 Å². The SMILES string of the molecule is Sc1nc2ccccc2o1.c1ccsc1. The molecular weight excluding hydrogens is 226 g/mol. The number of thiophene rings is 1. The smallest absolute Gasteiger partial charge is 0.253 e. The molecule has 0 aliphatic carbocycles. The molecule has 0 aliphatic rings. The summed E-state index contributed by atoms with van der Waals surface area (Å²) in [7, 11) is 0. The fraction of sp³-hybridized carbons (Fsp3) is 0. The molecule has 0 bridgehead atoms. The molecule has 0 N–H and O–H groups in total. The molecule has 0 saturated heterocycles. The van der Waals surface area contributed by atoms with Gasteiger partial charge in [-0.3, -0.25) is 0 Å². The van der Waals surface area contributed by atoms with Crippen molar-refractivity contribution in [3.8, 4) is 0 Å². The topological polar surface area (TPSA) is 26.0 Å². The van der Waals surface area contributed by atoms with E-state index in [1.165, 1.54) is 0 Å². The third-order valence-electron chi connectivity index (χ3n) is 1.71. The van der Waals surface area contributed by atoms with Gasteiger partial charge in [0.15, 0.2) is 5.58 Å². The number of rotatable bonds is 0. The maximum absolute atomic E-state index is 5.12. The van der Waals surface area contributed by atoms with E-state index in [0.717, 1.165) is 11.1 Å². The van der Waals surface area contributed by atoms with Crippen LogP contribution in [0.5, 0.6) is 0 Å². The lowest BCUT2D eigenvalue weighted by Crippen LogP contribution is -1.63. The van der Waals surface area contributed by atoms with E-state index >= 15 is 0 Å². The van der Waals surface area contributed by atoms with Crippen molar-refractivity contribution in [1.82, 2.24) is 4.98 Å². The van der Waals surface area contributed by atoms with Crippen molar-refractivity contribution in [3.63, 3.8) is 0 Å². The lowest BCUT2D eigenvalue weighted by Gasteiger charge is -1.79. The van der Waals surface area contributed by atoms with E-state index < -0.39 is 0 Å². The average molecular weight is 235 g/mol. The highest BCUT2D eigenvalue weighted by Crippen LogP contribution is 2.15. The molecule has 0 saturated carbocycles. The van der Waals surface area contributed by atoms with Gasteiger partial charge < -0.3 is 4.42 Å². The van der Waals surface area contributed by atoms with Crippen LogP contribution in [0.3, 0.4) is 0 Å². The molecule has 0 amide bonds. The molecule has 2 nitrogen and oxygen atoms in total. The molecule has 2 aromatic heterocycles. The van der Waals surface area contributed by atoms with Crippen molar-refractivity contribution in [2.75, 3.05) is 0 Å². The van der Waals surface area contributed by atoms with Crippen molar-refractivity contribution < 1.29 is 4.42 Å². The lowest BCUT2D eigenvalue weighted by atomic mass is 10.3. The van der Waals surface area contributed by atoms with Crippen LogP contribution < -0.4 is 0 Å². The van der Waals surface area contributed by atoms with E-state index in [4.69, 9.17) is 4.42 Å². The van der Waals surface area contributed by atoms with Gasteiger partial charge in [0, 0.05) is 0 Å². The highest BCUT2D eigenvalue weighted by Gasteiger charge is 1.97. The van der Waals surface area contributed by atoms with Crippen LogP contribution in [-0.2, 0) is 0 Å². The van der Waals surface area contributed by atoms with Gasteiger partial charge in [0.2, 0.25) is 0 Å². The van der Waals surface area contributed by atoms with Gasteiger partial charge in [-0.05, 0) is 22.9 Å². The number of thiol groups is 1. The largest absolute Gasteiger partial charge is 0.432 e.